The second kappa shape index (κ2) is 5.06. The van der Waals surface area contributed by atoms with Gasteiger partial charge in [-0.25, -0.2) is 0 Å². The fourth-order valence-corrected chi connectivity index (χ4v) is 3.44. The molecule has 0 nitrogen and oxygen atoms in total. The Morgan fingerprint density at radius 1 is 1.08 bits per heavy atom. The van der Waals surface area contributed by atoms with Gasteiger partial charge in [0.15, 0.2) is 0 Å². The molecule has 0 aromatic carbocycles. The summed E-state index contributed by atoms with van der Waals surface area (Å²) in [5.41, 5.74) is 3.15. The molecule has 0 unspecified atom stereocenters. The summed E-state index contributed by atoms with van der Waals surface area (Å²) in [6.07, 6.45) is 5.28. The Morgan fingerprint density at radius 3 is 2.15 bits per heavy atom. The number of hydrogen-bond acceptors (Lipinski definition) is 2. The molecule has 0 saturated heterocycles. The van der Waals surface area contributed by atoms with Gasteiger partial charge in [0.25, 0.3) is 0 Å². The van der Waals surface area contributed by atoms with Crippen LogP contribution in [-0.4, -0.2) is 0 Å². The van der Waals surface area contributed by atoms with Crippen LogP contribution in [0.15, 0.2) is 4.21 Å². The third kappa shape index (κ3) is 2.29. The van der Waals surface area contributed by atoms with Crippen molar-refractivity contribution < 1.29 is 0 Å². The lowest BCUT2D eigenvalue weighted by molar-refractivity contribution is 0.681. The molecule has 2 heteroatoms. The zero-order valence-corrected chi connectivity index (χ0v) is 10.4. The zero-order valence-electron chi connectivity index (χ0n) is 8.68. The molecule has 0 aliphatic heterocycles. The molecule has 0 N–H and O–H groups in total. The first-order valence-electron chi connectivity index (χ1n) is 5.09. The number of thiol groups is 1. The van der Waals surface area contributed by atoms with Crippen LogP contribution >= 0.6 is 24.0 Å². The predicted octanol–water partition coefficient (Wildman–Crippen LogP) is 4.25. The van der Waals surface area contributed by atoms with Gasteiger partial charge in [-0.3, -0.25) is 0 Å². The van der Waals surface area contributed by atoms with E-state index in [-0.39, 0.29) is 0 Å². The van der Waals surface area contributed by atoms with Crippen molar-refractivity contribution in [3.05, 3.63) is 16.0 Å². The van der Waals surface area contributed by atoms with Gasteiger partial charge in [-0.15, -0.1) is 24.0 Å². The van der Waals surface area contributed by atoms with Gasteiger partial charge in [0.2, 0.25) is 0 Å². The highest BCUT2D eigenvalue weighted by molar-refractivity contribution is 7.83. The maximum atomic E-state index is 4.47. The van der Waals surface area contributed by atoms with E-state index >= 15 is 0 Å². The van der Waals surface area contributed by atoms with Crippen LogP contribution in [-0.2, 0) is 12.8 Å². The van der Waals surface area contributed by atoms with Crippen molar-refractivity contribution in [3.8, 4) is 0 Å². The Balaban J connectivity index is 0.000000396. The Morgan fingerprint density at radius 2 is 1.62 bits per heavy atom. The minimum Gasteiger partial charge on any atom is -0.134 e. The van der Waals surface area contributed by atoms with Crippen molar-refractivity contribution in [3.63, 3.8) is 0 Å². The third-order valence-corrected chi connectivity index (χ3v) is 3.94. The minimum absolute atomic E-state index is 1.26. The number of aryl methyl sites for hydroxylation is 1. The van der Waals surface area contributed by atoms with Crippen LogP contribution < -0.4 is 0 Å². The lowest BCUT2D eigenvalue weighted by Gasteiger charge is -2.11. The molecule has 0 atom stereocenters. The van der Waals surface area contributed by atoms with Crippen molar-refractivity contribution in [2.75, 3.05) is 0 Å². The highest BCUT2D eigenvalue weighted by Crippen LogP contribution is 2.35. The first kappa shape index (κ1) is 11.1. The van der Waals surface area contributed by atoms with Gasteiger partial charge in [0, 0.05) is 4.88 Å². The average molecular weight is 214 g/mol. The molecule has 0 bridgehead atoms. The number of thiophene rings is 1. The van der Waals surface area contributed by atoms with Gasteiger partial charge >= 0.3 is 0 Å². The molecule has 0 fully saturated rings. The Hall–Kier alpha value is 0.0500. The van der Waals surface area contributed by atoms with Crippen LogP contribution in [0.4, 0.5) is 0 Å². The monoisotopic (exact) mass is 214 g/mol. The molecule has 2 rings (SSSR count). The summed E-state index contributed by atoms with van der Waals surface area (Å²) in [7, 11) is 0. The predicted molar refractivity (Wildman–Crippen MR) is 64.3 cm³/mol. The molecule has 1 heterocycles. The van der Waals surface area contributed by atoms with Crippen molar-refractivity contribution in [2.45, 2.75) is 50.7 Å². The molecular formula is C11H18S2. The molecule has 1 aromatic rings. The molecule has 74 valence electrons. The Labute approximate surface area is 90.8 Å². The lowest BCUT2D eigenvalue weighted by Crippen LogP contribution is -2.00. The summed E-state index contributed by atoms with van der Waals surface area (Å²) >= 11 is 6.32. The average Bonchev–Trinajstić information content (AvgIpc) is 2.47. The Kier molecular flexibility index (Phi) is 4.33. The van der Waals surface area contributed by atoms with E-state index in [1.165, 1.54) is 34.8 Å². The van der Waals surface area contributed by atoms with Crippen LogP contribution in [0.1, 0.15) is 42.7 Å². The van der Waals surface area contributed by atoms with Gasteiger partial charge in [0.1, 0.15) is 0 Å². The first-order valence-corrected chi connectivity index (χ1v) is 6.35. The standard InChI is InChI=1S/C9H12S2.C2H6/c1-6-7-4-2-3-5-8(7)9(10)11-6;1-2/h10H,2-5H2,1H3;1-2H3. The molecule has 1 aliphatic rings. The normalized spacial score (nSPS) is 14.5. The largest absolute Gasteiger partial charge is 0.134 e. The topological polar surface area (TPSA) is 0 Å². The van der Waals surface area contributed by atoms with Gasteiger partial charge in [0.05, 0.1) is 4.21 Å². The SMILES string of the molecule is CC.Cc1sc(S)c2c1CCCC2. The van der Waals surface area contributed by atoms with Crippen molar-refractivity contribution in [1.29, 1.82) is 0 Å². The molecule has 13 heavy (non-hydrogen) atoms. The fraction of sp³-hybridized carbons (Fsp3) is 0.636. The van der Waals surface area contributed by atoms with E-state index in [0.717, 1.165) is 0 Å². The van der Waals surface area contributed by atoms with E-state index in [1.54, 1.807) is 11.1 Å². The smallest absolute Gasteiger partial charge is 0.0605 e. The van der Waals surface area contributed by atoms with Crippen molar-refractivity contribution in [1.82, 2.24) is 0 Å². The summed E-state index contributed by atoms with van der Waals surface area (Å²) in [6.45, 7) is 6.22. The van der Waals surface area contributed by atoms with Crippen LogP contribution in [0.5, 0.6) is 0 Å². The van der Waals surface area contributed by atoms with E-state index < -0.39 is 0 Å². The minimum atomic E-state index is 1.26. The zero-order chi connectivity index (χ0) is 9.84. The van der Waals surface area contributed by atoms with E-state index in [9.17, 15) is 0 Å². The van der Waals surface area contributed by atoms with Crippen LogP contribution in [0.2, 0.25) is 0 Å². The molecular weight excluding hydrogens is 196 g/mol. The summed E-state index contributed by atoms with van der Waals surface area (Å²) in [5.74, 6) is 0. The van der Waals surface area contributed by atoms with E-state index in [4.69, 9.17) is 0 Å². The highest BCUT2D eigenvalue weighted by Gasteiger charge is 2.16. The van der Waals surface area contributed by atoms with Gasteiger partial charge in [-0.05, 0) is 43.7 Å². The number of rotatable bonds is 0. The van der Waals surface area contributed by atoms with Gasteiger partial charge < -0.3 is 0 Å². The van der Waals surface area contributed by atoms with Gasteiger partial charge in [-0.1, -0.05) is 13.8 Å². The lowest BCUT2D eigenvalue weighted by atomic mass is 9.94. The Bertz CT molecular complexity index is 247. The molecule has 0 saturated carbocycles. The van der Waals surface area contributed by atoms with Crippen LogP contribution in [0.3, 0.4) is 0 Å². The van der Waals surface area contributed by atoms with Crippen molar-refractivity contribution in [2.24, 2.45) is 0 Å². The van der Waals surface area contributed by atoms with Crippen LogP contribution in [0, 0.1) is 6.92 Å². The molecule has 0 spiro atoms. The third-order valence-electron chi connectivity index (χ3n) is 2.40. The van der Waals surface area contributed by atoms with E-state index in [0.29, 0.717) is 0 Å². The van der Waals surface area contributed by atoms with Gasteiger partial charge in [-0.2, -0.15) is 0 Å². The van der Waals surface area contributed by atoms with Crippen LogP contribution in [0.25, 0.3) is 0 Å². The molecule has 0 radical (unpaired) electrons. The number of fused-ring (bicyclic) bond motifs is 1. The van der Waals surface area contributed by atoms with E-state index in [1.807, 2.05) is 25.2 Å². The summed E-state index contributed by atoms with van der Waals surface area (Å²) < 4.78 is 1.26. The number of hydrogen-bond donors (Lipinski definition) is 1. The quantitative estimate of drug-likeness (QED) is 0.613. The summed E-state index contributed by atoms with van der Waals surface area (Å²) in [6, 6.07) is 0. The maximum absolute atomic E-state index is 4.47. The molecule has 1 aliphatic carbocycles. The molecule has 1 aromatic heterocycles. The van der Waals surface area contributed by atoms with Crippen molar-refractivity contribution >= 4 is 24.0 Å². The van der Waals surface area contributed by atoms with E-state index in [2.05, 4.69) is 19.6 Å². The fourth-order valence-electron chi connectivity index (χ4n) is 1.80. The second-order valence-corrected chi connectivity index (χ2v) is 5.10. The maximum Gasteiger partial charge on any atom is 0.0605 e. The second-order valence-electron chi connectivity index (χ2n) is 3.13. The summed E-state index contributed by atoms with van der Waals surface area (Å²) in [5, 5.41) is 0. The summed E-state index contributed by atoms with van der Waals surface area (Å²) in [4.78, 5) is 1.49. The highest BCUT2D eigenvalue weighted by atomic mass is 32.2. The first-order chi connectivity index (χ1) is 6.29. The molecule has 0 amide bonds.